The summed E-state index contributed by atoms with van der Waals surface area (Å²) in [5.41, 5.74) is 6.92. The van der Waals surface area contributed by atoms with Gasteiger partial charge in [-0.15, -0.1) is 11.3 Å². The number of nitrogens with two attached hydrogens (primary N) is 1. The number of sulfonamides is 1. The summed E-state index contributed by atoms with van der Waals surface area (Å²) >= 11 is 13.2. The largest absolute Gasteiger partial charge is 0.490 e. The van der Waals surface area contributed by atoms with E-state index in [1.165, 1.54) is 6.07 Å². The van der Waals surface area contributed by atoms with Crippen LogP contribution in [-0.2, 0) is 26.2 Å². The number of nitrogens with zero attached hydrogens (tertiary/aromatic N) is 1. The molecule has 1 aromatic heterocycles. The van der Waals surface area contributed by atoms with Gasteiger partial charge in [0.15, 0.2) is 0 Å². The number of hydrogen-bond acceptors (Lipinski definition) is 6. The van der Waals surface area contributed by atoms with Gasteiger partial charge in [0.25, 0.3) is 10.0 Å². The van der Waals surface area contributed by atoms with Gasteiger partial charge in [-0.2, -0.15) is 17.9 Å². The van der Waals surface area contributed by atoms with Crippen LogP contribution in [0.5, 0.6) is 0 Å². The zero-order valence-electron chi connectivity index (χ0n) is 19.1. The fourth-order valence-electron chi connectivity index (χ4n) is 3.48. The topological polar surface area (TPSA) is 154 Å². The first-order chi connectivity index (χ1) is 17.6. The number of thiophene rings is 1. The van der Waals surface area contributed by atoms with E-state index in [4.69, 9.17) is 44.2 Å². The molecule has 0 saturated carbocycles. The highest BCUT2D eigenvalue weighted by Crippen LogP contribution is 2.36. The minimum atomic E-state index is -5.08. The number of nitrogen functional groups attached to an aromatic ring is 1. The van der Waals surface area contributed by atoms with E-state index in [0.29, 0.717) is 45.2 Å². The number of carbonyl (C=O) groups is 2. The molecule has 1 aliphatic rings. The van der Waals surface area contributed by atoms with Crippen molar-refractivity contribution in [1.29, 1.82) is 5.41 Å². The second kappa shape index (κ2) is 11.5. The van der Waals surface area contributed by atoms with E-state index in [1.54, 1.807) is 35.2 Å². The van der Waals surface area contributed by atoms with Gasteiger partial charge in [0.1, 0.15) is 16.1 Å². The molecule has 9 nitrogen and oxygen atoms in total. The minimum absolute atomic E-state index is 0.0510. The lowest BCUT2D eigenvalue weighted by molar-refractivity contribution is -0.192. The molecule has 38 heavy (non-hydrogen) atoms. The Hall–Kier alpha value is -2.91. The van der Waals surface area contributed by atoms with Crippen LogP contribution in [0.25, 0.3) is 10.1 Å². The number of halogens is 5. The first-order valence-corrected chi connectivity index (χ1v) is 13.6. The zero-order chi connectivity index (χ0) is 28.4. The fraction of sp³-hybridized carbons (Fsp3) is 0.227. The van der Waals surface area contributed by atoms with Crippen molar-refractivity contribution in [3.05, 3.63) is 63.6 Å². The van der Waals surface area contributed by atoms with Crippen molar-refractivity contribution in [2.24, 2.45) is 5.73 Å². The Morgan fingerprint density at radius 3 is 2.50 bits per heavy atom. The van der Waals surface area contributed by atoms with Crippen LogP contribution in [0, 0.1) is 5.41 Å². The van der Waals surface area contributed by atoms with Crippen LogP contribution >= 0.6 is 34.5 Å². The molecule has 1 fully saturated rings. The number of rotatable bonds is 6. The highest BCUT2D eigenvalue weighted by Gasteiger charge is 2.38. The number of likely N-dealkylation sites (tertiary alicyclic amines) is 1. The average molecular weight is 611 g/mol. The van der Waals surface area contributed by atoms with Crippen LogP contribution in [0.3, 0.4) is 0 Å². The van der Waals surface area contributed by atoms with E-state index in [9.17, 15) is 26.4 Å². The molecule has 16 heteroatoms. The maximum atomic E-state index is 12.9. The molecule has 0 bridgehead atoms. The summed E-state index contributed by atoms with van der Waals surface area (Å²) in [6.45, 7) is 0.735. The van der Waals surface area contributed by atoms with Gasteiger partial charge in [-0.25, -0.2) is 13.2 Å². The lowest BCUT2D eigenvalue weighted by Crippen LogP contribution is -2.41. The molecule has 1 saturated heterocycles. The maximum Gasteiger partial charge on any atom is 0.490 e. The smallest absolute Gasteiger partial charge is 0.475 e. The molecule has 0 aliphatic carbocycles. The molecule has 2 aromatic carbocycles. The van der Waals surface area contributed by atoms with Crippen LogP contribution in [0.2, 0.25) is 10.0 Å². The van der Waals surface area contributed by atoms with E-state index in [1.807, 2.05) is 6.07 Å². The summed E-state index contributed by atoms with van der Waals surface area (Å²) in [4.78, 5) is 23.3. The molecule has 5 N–H and O–H groups in total. The van der Waals surface area contributed by atoms with Crippen LogP contribution in [0.1, 0.15) is 17.5 Å². The number of carbonyl (C=O) groups excluding carboxylic acids is 1. The van der Waals surface area contributed by atoms with Crippen molar-refractivity contribution < 1.29 is 36.3 Å². The third kappa shape index (κ3) is 7.14. The summed E-state index contributed by atoms with van der Waals surface area (Å²) < 4.78 is 60.8. The highest BCUT2D eigenvalue weighted by molar-refractivity contribution is 7.91. The number of benzene rings is 2. The van der Waals surface area contributed by atoms with Gasteiger partial charge in [0, 0.05) is 33.8 Å². The van der Waals surface area contributed by atoms with E-state index < -0.39 is 28.2 Å². The first-order valence-electron chi connectivity index (χ1n) is 10.5. The van der Waals surface area contributed by atoms with Crippen LogP contribution < -0.4 is 10.5 Å². The quantitative estimate of drug-likeness (QED) is 0.242. The maximum absolute atomic E-state index is 12.9. The summed E-state index contributed by atoms with van der Waals surface area (Å²) in [5.74, 6) is -3.10. The molecular formula is C22H19Cl2F3N4O5S2. The monoisotopic (exact) mass is 610 g/mol. The summed E-state index contributed by atoms with van der Waals surface area (Å²) in [5, 5.41) is 16.1. The predicted molar refractivity (Wildman–Crippen MR) is 137 cm³/mol. The Kier molecular flexibility index (Phi) is 8.93. The normalized spacial score (nSPS) is 15.9. The Morgan fingerprint density at radius 2 is 1.89 bits per heavy atom. The van der Waals surface area contributed by atoms with Gasteiger partial charge in [0.05, 0.1) is 5.02 Å². The molecule has 0 unspecified atom stereocenters. The molecule has 2 heterocycles. The second-order valence-electron chi connectivity index (χ2n) is 8.00. The van der Waals surface area contributed by atoms with Crippen molar-refractivity contribution in [3.8, 4) is 0 Å². The van der Waals surface area contributed by atoms with E-state index >= 15 is 0 Å². The van der Waals surface area contributed by atoms with Crippen molar-refractivity contribution in [1.82, 2.24) is 9.62 Å². The molecule has 1 amide bonds. The summed E-state index contributed by atoms with van der Waals surface area (Å²) in [6, 6.07) is 10.9. The van der Waals surface area contributed by atoms with Crippen molar-refractivity contribution in [2.45, 2.75) is 29.4 Å². The van der Waals surface area contributed by atoms with Crippen LogP contribution in [0.15, 0.2) is 46.7 Å². The van der Waals surface area contributed by atoms with Crippen molar-refractivity contribution >= 4 is 72.4 Å². The van der Waals surface area contributed by atoms with Gasteiger partial charge in [-0.3, -0.25) is 10.2 Å². The number of carboxylic acid groups (broad SMARTS) is 1. The Bertz CT molecular complexity index is 1510. The number of alkyl halides is 3. The Morgan fingerprint density at radius 1 is 1.24 bits per heavy atom. The van der Waals surface area contributed by atoms with Gasteiger partial charge < -0.3 is 15.7 Å². The fourth-order valence-corrected chi connectivity index (χ4v) is 6.84. The van der Waals surface area contributed by atoms with E-state index in [-0.39, 0.29) is 16.0 Å². The van der Waals surface area contributed by atoms with Crippen molar-refractivity contribution in [3.63, 3.8) is 0 Å². The number of amides is 1. The van der Waals surface area contributed by atoms with Gasteiger partial charge in [-0.1, -0.05) is 41.4 Å². The number of hydrogen-bond donors (Lipinski definition) is 4. The van der Waals surface area contributed by atoms with E-state index in [0.717, 1.165) is 16.9 Å². The number of carboxylic acids is 1. The highest BCUT2D eigenvalue weighted by atomic mass is 35.5. The van der Waals surface area contributed by atoms with Gasteiger partial charge >= 0.3 is 12.1 Å². The molecule has 204 valence electrons. The van der Waals surface area contributed by atoms with Crippen LogP contribution in [-0.4, -0.2) is 54.9 Å². The molecule has 3 aromatic rings. The second-order valence-corrected chi connectivity index (χ2v) is 11.9. The minimum Gasteiger partial charge on any atom is -0.475 e. The average Bonchev–Trinajstić information content (AvgIpc) is 3.39. The third-order valence-corrected chi connectivity index (χ3v) is 8.80. The Balaban J connectivity index is 0.000000505. The summed E-state index contributed by atoms with van der Waals surface area (Å²) in [6.07, 6.45) is -4.72. The molecule has 0 radical (unpaired) electrons. The number of aliphatic carboxylic acids is 1. The van der Waals surface area contributed by atoms with E-state index in [2.05, 4.69) is 4.72 Å². The van der Waals surface area contributed by atoms with Gasteiger partial charge in [-0.05, 0) is 36.2 Å². The molecular weight excluding hydrogens is 592 g/mol. The lowest BCUT2D eigenvalue weighted by atomic mass is 10.1. The van der Waals surface area contributed by atoms with Crippen molar-refractivity contribution in [2.75, 3.05) is 6.54 Å². The number of amidine groups is 1. The lowest BCUT2D eigenvalue weighted by Gasteiger charge is -2.17. The van der Waals surface area contributed by atoms with Crippen LogP contribution in [0.4, 0.5) is 13.2 Å². The molecule has 1 atom stereocenters. The molecule has 0 spiro atoms. The number of nitrogens with one attached hydrogen (secondary N) is 2. The first kappa shape index (κ1) is 29.6. The van der Waals surface area contributed by atoms with Gasteiger partial charge in [0.2, 0.25) is 5.91 Å². The molecule has 4 rings (SSSR count). The number of fused-ring (bicyclic) bond motifs is 1. The standard InChI is InChI=1S/C20H18Cl2N4O3S2.C2HF3O2/c21-13-7-15(22)14-9-18(30-17(14)8-13)31(28,29)25-16-4-5-26(20(16)27)10-11-2-1-3-12(6-11)19(23)24;3-2(4,5)1(6)7/h1-3,6-9,16,25H,4-5,10H2,(H3,23,24);(H,6,7)/t16-;/m0./s1. The zero-order valence-corrected chi connectivity index (χ0v) is 22.2. The summed E-state index contributed by atoms with van der Waals surface area (Å²) in [7, 11) is -3.91. The predicted octanol–water partition coefficient (Wildman–Crippen LogP) is 4.20. The Labute approximate surface area is 228 Å². The third-order valence-electron chi connectivity index (χ3n) is 5.24. The SMILES string of the molecule is N=C(N)c1cccc(CN2CC[C@H](NS(=O)(=O)c3cc4c(Cl)cc(Cl)cc4s3)C2=O)c1.O=C(O)C(F)(F)F. The molecule has 1 aliphatic heterocycles.